The Morgan fingerprint density at radius 2 is 1.90 bits per heavy atom. The molecule has 0 atom stereocenters. The predicted molar refractivity (Wildman–Crippen MR) is 88.7 cm³/mol. The number of methoxy groups -OCH3 is 1. The van der Waals surface area contributed by atoms with Crippen molar-refractivity contribution in [1.29, 1.82) is 0 Å². The van der Waals surface area contributed by atoms with Crippen molar-refractivity contribution < 1.29 is 9.53 Å². The molecule has 0 unspecified atom stereocenters. The van der Waals surface area contributed by atoms with Crippen LogP contribution in [0, 0.1) is 13.8 Å². The highest BCUT2D eigenvalue weighted by atomic mass is 79.9. The molecule has 0 aliphatic rings. The fraction of sp³-hybridized carbons (Fsp3) is 0.235. The highest BCUT2D eigenvalue weighted by Crippen LogP contribution is 2.20. The number of halogens is 1. The van der Waals surface area contributed by atoms with E-state index in [0.29, 0.717) is 12.1 Å². The number of nitrogens with one attached hydrogen (secondary N) is 1. The molecule has 3 nitrogen and oxygen atoms in total. The molecular weight excluding hydrogens is 330 g/mol. The molecule has 0 amide bonds. The smallest absolute Gasteiger partial charge is 0.337 e. The van der Waals surface area contributed by atoms with E-state index in [1.165, 1.54) is 18.2 Å². The number of carbonyl (C=O) groups is 1. The Morgan fingerprint density at radius 1 is 1.14 bits per heavy atom. The van der Waals surface area contributed by atoms with E-state index >= 15 is 0 Å². The molecular formula is C17H18BrNO2. The Hall–Kier alpha value is -1.81. The lowest BCUT2D eigenvalue weighted by Crippen LogP contribution is -2.05. The molecule has 0 spiro atoms. The molecule has 0 aliphatic heterocycles. The van der Waals surface area contributed by atoms with Crippen LogP contribution in [0.15, 0.2) is 40.9 Å². The van der Waals surface area contributed by atoms with Gasteiger partial charge in [0.05, 0.1) is 12.7 Å². The first-order valence-electron chi connectivity index (χ1n) is 6.69. The van der Waals surface area contributed by atoms with Crippen molar-refractivity contribution in [2.45, 2.75) is 20.4 Å². The van der Waals surface area contributed by atoms with Crippen LogP contribution in [-0.2, 0) is 11.3 Å². The van der Waals surface area contributed by atoms with Crippen molar-refractivity contribution in [2.24, 2.45) is 0 Å². The Labute approximate surface area is 133 Å². The zero-order valence-corrected chi connectivity index (χ0v) is 14.0. The molecule has 0 saturated heterocycles. The van der Waals surface area contributed by atoms with E-state index in [1.807, 2.05) is 25.1 Å². The Balaban J connectivity index is 2.15. The number of aryl methyl sites for hydroxylation is 2. The predicted octanol–water partition coefficient (Wildman–Crippen LogP) is 4.46. The molecule has 2 aromatic carbocycles. The van der Waals surface area contributed by atoms with Crippen LogP contribution in [0.5, 0.6) is 0 Å². The molecule has 2 rings (SSSR count). The molecule has 0 fully saturated rings. The van der Waals surface area contributed by atoms with E-state index in [1.54, 1.807) is 6.07 Å². The molecule has 1 N–H and O–H groups in total. The van der Waals surface area contributed by atoms with Crippen molar-refractivity contribution in [1.82, 2.24) is 0 Å². The summed E-state index contributed by atoms with van der Waals surface area (Å²) in [5.74, 6) is -0.322. The van der Waals surface area contributed by atoms with Crippen LogP contribution in [0.4, 0.5) is 5.69 Å². The van der Waals surface area contributed by atoms with Crippen LogP contribution < -0.4 is 5.32 Å². The summed E-state index contributed by atoms with van der Waals surface area (Å²) in [5, 5.41) is 3.37. The number of anilines is 1. The van der Waals surface area contributed by atoms with Crippen molar-refractivity contribution in [3.05, 3.63) is 63.1 Å². The maximum Gasteiger partial charge on any atom is 0.337 e. The molecule has 0 radical (unpaired) electrons. The molecule has 110 valence electrons. The van der Waals surface area contributed by atoms with Gasteiger partial charge in [-0.3, -0.25) is 0 Å². The standard InChI is InChI=1S/C17H18BrNO2/c1-11-4-6-14(17(20)21-3)9-16(11)19-10-13-5-7-15(18)12(2)8-13/h4-9,19H,10H2,1-3H3. The van der Waals surface area contributed by atoms with Crippen molar-refractivity contribution in [2.75, 3.05) is 12.4 Å². The van der Waals surface area contributed by atoms with Gasteiger partial charge in [0.2, 0.25) is 0 Å². The van der Waals surface area contributed by atoms with Gasteiger partial charge in [0.15, 0.2) is 0 Å². The quantitative estimate of drug-likeness (QED) is 0.829. The number of benzene rings is 2. The lowest BCUT2D eigenvalue weighted by molar-refractivity contribution is 0.0601. The first kappa shape index (κ1) is 15.6. The summed E-state index contributed by atoms with van der Waals surface area (Å²) in [5.41, 5.74) is 4.99. The van der Waals surface area contributed by atoms with E-state index in [9.17, 15) is 4.79 Å². The zero-order chi connectivity index (χ0) is 15.4. The normalized spacial score (nSPS) is 10.3. The van der Waals surface area contributed by atoms with Crippen LogP contribution in [0.1, 0.15) is 27.0 Å². The van der Waals surface area contributed by atoms with Crippen molar-refractivity contribution in [3.8, 4) is 0 Å². The van der Waals surface area contributed by atoms with Crippen LogP contribution in [0.2, 0.25) is 0 Å². The molecule has 0 bridgehead atoms. The van der Waals surface area contributed by atoms with Gasteiger partial charge in [0, 0.05) is 16.7 Å². The molecule has 0 aromatic heterocycles. The Kier molecular flexibility index (Phi) is 5.02. The van der Waals surface area contributed by atoms with Crippen LogP contribution >= 0.6 is 15.9 Å². The number of ether oxygens (including phenoxy) is 1. The molecule has 0 saturated carbocycles. The maximum atomic E-state index is 11.6. The van der Waals surface area contributed by atoms with Gasteiger partial charge in [0.1, 0.15) is 0 Å². The van der Waals surface area contributed by atoms with Crippen LogP contribution in [-0.4, -0.2) is 13.1 Å². The average Bonchev–Trinajstić information content (AvgIpc) is 2.49. The SMILES string of the molecule is COC(=O)c1ccc(C)c(NCc2ccc(Br)c(C)c2)c1. The van der Waals surface area contributed by atoms with E-state index in [2.05, 4.69) is 40.3 Å². The van der Waals surface area contributed by atoms with E-state index in [-0.39, 0.29) is 5.97 Å². The fourth-order valence-electron chi connectivity index (χ4n) is 2.07. The summed E-state index contributed by atoms with van der Waals surface area (Å²) in [6, 6.07) is 11.8. The highest BCUT2D eigenvalue weighted by molar-refractivity contribution is 9.10. The van der Waals surface area contributed by atoms with Gasteiger partial charge in [-0.25, -0.2) is 4.79 Å². The fourth-order valence-corrected chi connectivity index (χ4v) is 2.32. The average molecular weight is 348 g/mol. The van der Waals surface area contributed by atoms with Gasteiger partial charge < -0.3 is 10.1 Å². The minimum atomic E-state index is -0.322. The van der Waals surface area contributed by atoms with E-state index in [0.717, 1.165) is 15.7 Å². The third kappa shape index (κ3) is 3.85. The third-order valence-corrected chi connectivity index (χ3v) is 4.25. The maximum absolute atomic E-state index is 11.6. The van der Waals surface area contributed by atoms with Crippen LogP contribution in [0.3, 0.4) is 0 Å². The first-order chi connectivity index (χ1) is 10.0. The second-order valence-corrected chi connectivity index (χ2v) is 5.81. The summed E-state index contributed by atoms with van der Waals surface area (Å²) in [4.78, 5) is 11.6. The van der Waals surface area contributed by atoms with Gasteiger partial charge in [-0.15, -0.1) is 0 Å². The minimum absolute atomic E-state index is 0.322. The number of rotatable bonds is 4. The third-order valence-electron chi connectivity index (χ3n) is 3.36. The topological polar surface area (TPSA) is 38.3 Å². The number of carbonyl (C=O) groups excluding carboxylic acids is 1. The number of esters is 1. The van der Waals surface area contributed by atoms with E-state index in [4.69, 9.17) is 4.74 Å². The molecule has 0 heterocycles. The van der Waals surface area contributed by atoms with Crippen molar-refractivity contribution in [3.63, 3.8) is 0 Å². The molecule has 4 heteroatoms. The highest BCUT2D eigenvalue weighted by Gasteiger charge is 2.08. The number of hydrogen-bond acceptors (Lipinski definition) is 3. The largest absolute Gasteiger partial charge is 0.465 e. The lowest BCUT2D eigenvalue weighted by Gasteiger charge is -2.12. The lowest BCUT2D eigenvalue weighted by atomic mass is 10.1. The zero-order valence-electron chi connectivity index (χ0n) is 12.4. The Morgan fingerprint density at radius 3 is 2.57 bits per heavy atom. The van der Waals surface area contributed by atoms with Gasteiger partial charge in [-0.2, -0.15) is 0 Å². The molecule has 2 aromatic rings. The van der Waals surface area contributed by atoms with E-state index < -0.39 is 0 Å². The van der Waals surface area contributed by atoms with Crippen LogP contribution in [0.25, 0.3) is 0 Å². The van der Waals surface area contributed by atoms with Gasteiger partial charge >= 0.3 is 5.97 Å². The summed E-state index contributed by atoms with van der Waals surface area (Å²) in [7, 11) is 1.39. The second kappa shape index (κ2) is 6.76. The first-order valence-corrected chi connectivity index (χ1v) is 7.48. The summed E-state index contributed by atoms with van der Waals surface area (Å²) in [6.45, 7) is 4.78. The monoisotopic (exact) mass is 347 g/mol. The minimum Gasteiger partial charge on any atom is -0.465 e. The summed E-state index contributed by atoms with van der Waals surface area (Å²) in [6.07, 6.45) is 0. The molecule has 21 heavy (non-hydrogen) atoms. The van der Waals surface area contributed by atoms with Gasteiger partial charge in [-0.05, 0) is 48.7 Å². The summed E-state index contributed by atoms with van der Waals surface area (Å²) >= 11 is 3.50. The summed E-state index contributed by atoms with van der Waals surface area (Å²) < 4.78 is 5.86. The second-order valence-electron chi connectivity index (χ2n) is 4.96. The van der Waals surface area contributed by atoms with Gasteiger partial charge in [-0.1, -0.05) is 34.1 Å². The molecule has 0 aliphatic carbocycles. The van der Waals surface area contributed by atoms with Crippen molar-refractivity contribution >= 4 is 27.6 Å². The van der Waals surface area contributed by atoms with Gasteiger partial charge in [0.25, 0.3) is 0 Å². The Bertz CT molecular complexity index is 668. The number of hydrogen-bond donors (Lipinski definition) is 1.